The monoisotopic (exact) mass is 459 g/mol. The Morgan fingerprint density at radius 3 is 2.33 bits per heavy atom. The first-order valence-corrected chi connectivity index (χ1v) is 12.0. The number of aryl methyl sites for hydroxylation is 2. The summed E-state index contributed by atoms with van der Waals surface area (Å²) in [5.41, 5.74) is 3.44. The summed E-state index contributed by atoms with van der Waals surface area (Å²) in [4.78, 5) is 13.0. The molecule has 1 heterocycles. The van der Waals surface area contributed by atoms with Gasteiger partial charge in [0.25, 0.3) is 0 Å². The third kappa shape index (κ3) is 5.40. The number of aromatic nitrogens is 3. The molecule has 0 radical (unpaired) electrons. The number of carbonyl (C=O) groups is 1. The molecule has 0 saturated heterocycles. The van der Waals surface area contributed by atoms with Crippen LogP contribution in [-0.2, 0) is 19.4 Å². The normalized spacial score (nSPS) is 12.0. The van der Waals surface area contributed by atoms with Crippen LogP contribution in [0, 0.1) is 5.82 Å². The zero-order chi connectivity index (χ0) is 23.2. The number of hydrogen-bond donors (Lipinski definition) is 0. The van der Waals surface area contributed by atoms with Crippen molar-refractivity contribution in [2.45, 2.75) is 43.6 Å². The maximum absolute atomic E-state index is 14.6. The molecule has 0 spiro atoms. The van der Waals surface area contributed by atoms with Crippen LogP contribution in [0.4, 0.5) is 4.39 Å². The summed E-state index contributed by atoms with van der Waals surface area (Å²) in [6, 6.07) is 24.4. The van der Waals surface area contributed by atoms with Crippen molar-refractivity contribution < 1.29 is 9.18 Å². The molecule has 168 valence electrons. The summed E-state index contributed by atoms with van der Waals surface area (Å²) >= 11 is 1.36. The van der Waals surface area contributed by atoms with E-state index in [0.29, 0.717) is 28.7 Å². The zero-order valence-corrected chi connectivity index (χ0v) is 19.6. The van der Waals surface area contributed by atoms with Crippen molar-refractivity contribution in [3.63, 3.8) is 0 Å². The molecule has 6 heteroatoms. The molecule has 0 amide bonds. The number of hydrogen-bond acceptors (Lipinski definition) is 4. The summed E-state index contributed by atoms with van der Waals surface area (Å²) in [5, 5.41) is 8.91. The first kappa shape index (κ1) is 22.9. The Balaban J connectivity index is 1.61. The summed E-state index contributed by atoms with van der Waals surface area (Å²) in [6.07, 6.45) is 1.68. The van der Waals surface area contributed by atoms with Crippen LogP contribution in [0.2, 0.25) is 0 Å². The molecule has 1 unspecified atom stereocenters. The van der Waals surface area contributed by atoms with E-state index >= 15 is 0 Å². The smallest absolute Gasteiger partial charge is 0.192 e. The summed E-state index contributed by atoms with van der Waals surface area (Å²) in [6.45, 7) is 4.54. The molecular weight excluding hydrogens is 433 g/mol. The average molecular weight is 460 g/mol. The molecule has 4 nitrogen and oxygen atoms in total. The third-order valence-corrected chi connectivity index (χ3v) is 6.68. The van der Waals surface area contributed by atoms with Gasteiger partial charge < -0.3 is 4.57 Å². The number of rotatable bonds is 9. The van der Waals surface area contributed by atoms with Crippen LogP contribution in [0.15, 0.2) is 84.0 Å². The first-order valence-electron chi connectivity index (χ1n) is 11.1. The van der Waals surface area contributed by atoms with E-state index in [-0.39, 0.29) is 16.9 Å². The van der Waals surface area contributed by atoms with Crippen molar-refractivity contribution in [1.29, 1.82) is 0 Å². The zero-order valence-electron chi connectivity index (χ0n) is 18.7. The number of halogens is 1. The Kier molecular flexibility index (Phi) is 7.35. The maximum atomic E-state index is 14.6. The molecule has 0 aliphatic rings. The van der Waals surface area contributed by atoms with Crippen LogP contribution in [0.5, 0.6) is 0 Å². The Morgan fingerprint density at radius 1 is 0.939 bits per heavy atom. The van der Waals surface area contributed by atoms with Gasteiger partial charge in [0, 0.05) is 12.1 Å². The van der Waals surface area contributed by atoms with Gasteiger partial charge in [0.05, 0.1) is 10.8 Å². The van der Waals surface area contributed by atoms with Crippen molar-refractivity contribution in [3.8, 4) is 11.4 Å². The quantitative estimate of drug-likeness (QED) is 0.219. The first-order chi connectivity index (χ1) is 16.1. The van der Waals surface area contributed by atoms with E-state index in [4.69, 9.17) is 0 Å². The molecule has 3 aromatic carbocycles. The molecule has 33 heavy (non-hydrogen) atoms. The highest BCUT2D eigenvalue weighted by molar-refractivity contribution is 8.00. The molecule has 0 N–H and O–H groups in total. The SMILES string of the molecule is CCc1ccc(C(=O)C(C)Sc2nnc(-c3ccccc3F)n2CCc2ccccc2)cc1. The van der Waals surface area contributed by atoms with Crippen LogP contribution >= 0.6 is 11.8 Å². The van der Waals surface area contributed by atoms with E-state index in [1.807, 2.05) is 54.0 Å². The second-order valence-corrected chi connectivity index (χ2v) is 9.16. The highest BCUT2D eigenvalue weighted by atomic mass is 32.2. The molecule has 4 aromatic rings. The highest BCUT2D eigenvalue weighted by Gasteiger charge is 2.23. The maximum Gasteiger partial charge on any atom is 0.192 e. The number of carbonyl (C=O) groups excluding carboxylic acids is 1. The van der Waals surface area contributed by atoms with Gasteiger partial charge in [-0.2, -0.15) is 0 Å². The van der Waals surface area contributed by atoms with Gasteiger partial charge in [-0.05, 0) is 43.0 Å². The Labute approximate surface area is 197 Å². The molecule has 0 aliphatic carbocycles. The van der Waals surface area contributed by atoms with Gasteiger partial charge in [-0.1, -0.05) is 85.4 Å². The number of benzene rings is 3. The topological polar surface area (TPSA) is 47.8 Å². The van der Waals surface area contributed by atoms with Gasteiger partial charge in [-0.25, -0.2) is 4.39 Å². The lowest BCUT2D eigenvalue weighted by atomic mass is 10.1. The van der Waals surface area contributed by atoms with Crippen LogP contribution in [-0.4, -0.2) is 25.8 Å². The fraction of sp³-hybridized carbons (Fsp3) is 0.222. The van der Waals surface area contributed by atoms with E-state index in [9.17, 15) is 9.18 Å². The van der Waals surface area contributed by atoms with Crippen LogP contribution in [0.25, 0.3) is 11.4 Å². The second-order valence-electron chi connectivity index (χ2n) is 7.85. The number of Topliss-reactive ketones (excluding diaryl/α,β-unsaturated/α-hetero) is 1. The van der Waals surface area contributed by atoms with Gasteiger partial charge in [0.15, 0.2) is 16.8 Å². The van der Waals surface area contributed by atoms with Gasteiger partial charge in [0.2, 0.25) is 0 Å². The lowest BCUT2D eigenvalue weighted by molar-refractivity contribution is 0.0994. The van der Waals surface area contributed by atoms with E-state index in [0.717, 1.165) is 12.8 Å². The van der Waals surface area contributed by atoms with E-state index in [1.54, 1.807) is 18.2 Å². The van der Waals surface area contributed by atoms with Crippen LogP contribution in [0.1, 0.15) is 35.3 Å². The van der Waals surface area contributed by atoms with Crippen LogP contribution in [0.3, 0.4) is 0 Å². The van der Waals surface area contributed by atoms with Gasteiger partial charge >= 0.3 is 0 Å². The van der Waals surface area contributed by atoms with Gasteiger partial charge in [0.1, 0.15) is 5.82 Å². The summed E-state index contributed by atoms with van der Waals surface area (Å²) in [7, 11) is 0. The molecular formula is C27H26FN3OS. The third-order valence-electron chi connectivity index (χ3n) is 5.60. The molecule has 0 fully saturated rings. The van der Waals surface area contributed by atoms with E-state index in [1.165, 1.54) is 29.0 Å². The number of nitrogens with zero attached hydrogens (tertiary/aromatic N) is 3. The largest absolute Gasteiger partial charge is 0.302 e. The summed E-state index contributed by atoms with van der Waals surface area (Å²) < 4.78 is 16.5. The minimum absolute atomic E-state index is 0.0349. The molecule has 1 atom stereocenters. The average Bonchev–Trinajstić information content (AvgIpc) is 3.25. The van der Waals surface area contributed by atoms with Gasteiger partial charge in [-0.3, -0.25) is 4.79 Å². The van der Waals surface area contributed by atoms with E-state index < -0.39 is 0 Å². The second kappa shape index (κ2) is 10.6. The fourth-order valence-electron chi connectivity index (χ4n) is 3.66. The van der Waals surface area contributed by atoms with Crippen molar-refractivity contribution in [1.82, 2.24) is 14.8 Å². The predicted octanol–water partition coefficient (Wildman–Crippen LogP) is 6.25. The fourth-order valence-corrected chi connectivity index (χ4v) is 4.61. The molecule has 1 aromatic heterocycles. The number of thioether (sulfide) groups is 1. The Hall–Kier alpha value is -3.25. The van der Waals surface area contributed by atoms with Crippen LogP contribution < -0.4 is 0 Å². The van der Waals surface area contributed by atoms with Crippen molar-refractivity contribution >= 4 is 17.5 Å². The van der Waals surface area contributed by atoms with Crippen molar-refractivity contribution in [3.05, 3.63) is 101 Å². The van der Waals surface area contributed by atoms with E-state index in [2.05, 4.69) is 29.3 Å². The highest BCUT2D eigenvalue weighted by Crippen LogP contribution is 2.30. The minimum atomic E-state index is -0.356. The Morgan fingerprint density at radius 2 is 1.64 bits per heavy atom. The molecule has 0 saturated carbocycles. The Bertz CT molecular complexity index is 1220. The molecule has 0 aliphatic heterocycles. The van der Waals surface area contributed by atoms with Gasteiger partial charge in [-0.15, -0.1) is 10.2 Å². The number of ketones is 1. The summed E-state index contributed by atoms with van der Waals surface area (Å²) in [5.74, 6) is 0.161. The molecule has 0 bridgehead atoms. The lowest BCUT2D eigenvalue weighted by Gasteiger charge is -2.14. The standard InChI is InChI=1S/C27H26FN3OS/c1-3-20-13-15-22(16-14-20)25(32)19(2)33-27-30-29-26(23-11-7-8-12-24(23)28)31(27)18-17-21-9-5-4-6-10-21/h4-16,19H,3,17-18H2,1-2H3. The predicted molar refractivity (Wildman–Crippen MR) is 131 cm³/mol. The van der Waals surface area contributed by atoms with Crippen molar-refractivity contribution in [2.75, 3.05) is 0 Å². The minimum Gasteiger partial charge on any atom is -0.302 e. The van der Waals surface area contributed by atoms with Crippen molar-refractivity contribution in [2.24, 2.45) is 0 Å². The molecule has 4 rings (SSSR count). The lowest BCUT2D eigenvalue weighted by Crippen LogP contribution is -2.15.